The number of pyridine rings is 1. The van der Waals surface area contributed by atoms with Crippen LogP contribution in [0.25, 0.3) is 0 Å². The average Bonchev–Trinajstić information content (AvgIpc) is 3.13. The van der Waals surface area contributed by atoms with Crippen LogP contribution in [0.2, 0.25) is 0 Å². The number of non-ortho nitro benzene ring substituents is 1. The van der Waals surface area contributed by atoms with Gasteiger partial charge in [-0.15, -0.1) is 0 Å². The summed E-state index contributed by atoms with van der Waals surface area (Å²) in [5, 5.41) is 16.5. The number of nitro groups is 1. The van der Waals surface area contributed by atoms with E-state index in [1.54, 1.807) is 42.6 Å². The van der Waals surface area contributed by atoms with Crippen molar-refractivity contribution in [2.24, 2.45) is 0 Å². The third-order valence-corrected chi connectivity index (χ3v) is 5.62. The van der Waals surface area contributed by atoms with Gasteiger partial charge in [0.1, 0.15) is 0 Å². The van der Waals surface area contributed by atoms with E-state index in [0.29, 0.717) is 16.8 Å². The van der Waals surface area contributed by atoms with Crippen molar-refractivity contribution in [1.82, 2.24) is 15.2 Å². The van der Waals surface area contributed by atoms with E-state index in [9.17, 15) is 29.3 Å². The molecule has 11 heteroatoms. The second kappa shape index (κ2) is 10.6. The van der Waals surface area contributed by atoms with Gasteiger partial charge < -0.3 is 10.6 Å². The summed E-state index contributed by atoms with van der Waals surface area (Å²) in [6.07, 6.45) is 3.30. The van der Waals surface area contributed by atoms with Crippen LogP contribution in [-0.2, 0) is 11.3 Å². The van der Waals surface area contributed by atoms with Gasteiger partial charge in [-0.2, -0.15) is 0 Å². The molecule has 4 amide bonds. The number of fused-ring (bicyclic) bond motifs is 1. The molecule has 0 saturated heterocycles. The predicted molar refractivity (Wildman–Crippen MR) is 128 cm³/mol. The smallest absolute Gasteiger partial charge is 0.270 e. The Hall–Kier alpha value is -4.93. The van der Waals surface area contributed by atoms with Crippen molar-refractivity contribution >= 4 is 35.0 Å². The van der Waals surface area contributed by atoms with Gasteiger partial charge in [-0.3, -0.25) is 39.2 Å². The third kappa shape index (κ3) is 5.25. The van der Waals surface area contributed by atoms with Crippen LogP contribution in [0.5, 0.6) is 0 Å². The third-order valence-electron chi connectivity index (χ3n) is 5.62. The summed E-state index contributed by atoms with van der Waals surface area (Å²) in [5.41, 5.74) is 1.48. The molecule has 4 rings (SSSR count). The number of nitrogens with zero attached hydrogens (tertiary/aromatic N) is 3. The van der Waals surface area contributed by atoms with E-state index in [1.165, 1.54) is 18.3 Å². The molecule has 1 aromatic heterocycles. The van der Waals surface area contributed by atoms with Crippen molar-refractivity contribution in [3.8, 4) is 0 Å². The van der Waals surface area contributed by atoms with Gasteiger partial charge in [-0.1, -0.05) is 18.2 Å². The molecular formula is C25H21N5O6. The van der Waals surface area contributed by atoms with Gasteiger partial charge >= 0.3 is 0 Å². The van der Waals surface area contributed by atoms with Gasteiger partial charge in [0.05, 0.1) is 21.6 Å². The van der Waals surface area contributed by atoms with E-state index in [2.05, 4.69) is 15.6 Å². The fourth-order valence-electron chi connectivity index (χ4n) is 3.76. The maximum absolute atomic E-state index is 12.5. The predicted octanol–water partition coefficient (Wildman–Crippen LogP) is 2.93. The number of hydrogen-bond acceptors (Lipinski definition) is 7. The minimum absolute atomic E-state index is 0.00528. The first-order chi connectivity index (χ1) is 17.3. The highest BCUT2D eigenvalue weighted by Crippen LogP contribution is 2.27. The van der Waals surface area contributed by atoms with Crippen molar-refractivity contribution in [3.63, 3.8) is 0 Å². The zero-order chi connectivity index (χ0) is 25.7. The molecule has 0 spiro atoms. The quantitative estimate of drug-likeness (QED) is 0.267. The number of benzene rings is 2. The normalized spacial score (nSPS) is 12.3. The lowest BCUT2D eigenvalue weighted by atomic mass is 10.1. The lowest BCUT2D eigenvalue weighted by Gasteiger charge is -2.14. The van der Waals surface area contributed by atoms with E-state index in [1.807, 2.05) is 0 Å². The minimum atomic E-state index is -0.631. The number of aromatic nitrogens is 1. The van der Waals surface area contributed by atoms with E-state index >= 15 is 0 Å². The molecule has 36 heavy (non-hydrogen) atoms. The number of nitro benzene ring substituents is 1. The van der Waals surface area contributed by atoms with Gasteiger partial charge in [-0.25, -0.2) is 0 Å². The van der Waals surface area contributed by atoms with E-state index in [4.69, 9.17) is 0 Å². The largest absolute Gasteiger partial charge is 0.352 e. The minimum Gasteiger partial charge on any atom is -0.352 e. The highest BCUT2D eigenvalue weighted by Gasteiger charge is 2.36. The Morgan fingerprint density at radius 2 is 1.78 bits per heavy atom. The van der Waals surface area contributed by atoms with Crippen LogP contribution in [0.4, 0.5) is 11.4 Å². The second-order valence-electron chi connectivity index (χ2n) is 7.98. The first-order valence-electron chi connectivity index (χ1n) is 11.1. The van der Waals surface area contributed by atoms with Crippen LogP contribution in [0.1, 0.15) is 49.5 Å². The summed E-state index contributed by atoms with van der Waals surface area (Å²) in [6, 6.07) is 13.9. The maximum Gasteiger partial charge on any atom is 0.270 e. The van der Waals surface area contributed by atoms with Crippen LogP contribution in [0.15, 0.2) is 67.0 Å². The molecule has 0 aliphatic carbocycles. The summed E-state index contributed by atoms with van der Waals surface area (Å²) in [5.74, 6) is -1.77. The SMILES string of the molecule is O=C(CCCN1C(=O)c2ccc([N+](=O)[O-])cc2C1=O)NCc1ccccc1NC(=O)c1cccnc1. The molecule has 0 saturated carbocycles. The van der Waals surface area contributed by atoms with Crippen molar-refractivity contribution in [2.75, 3.05) is 11.9 Å². The van der Waals surface area contributed by atoms with Crippen molar-refractivity contribution < 1.29 is 24.1 Å². The summed E-state index contributed by atoms with van der Waals surface area (Å²) < 4.78 is 0. The van der Waals surface area contributed by atoms with Crippen LogP contribution in [0.3, 0.4) is 0 Å². The van der Waals surface area contributed by atoms with E-state index < -0.39 is 16.7 Å². The fraction of sp³-hybridized carbons (Fsp3) is 0.160. The van der Waals surface area contributed by atoms with Crippen LogP contribution >= 0.6 is 0 Å². The molecule has 182 valence electrons. The Morgan fingerprint density at radius 3 is 2.53 bits per heavy atom. The van der Waals surface area contributed by atoms with Gasteiger partial charge in [0.15, 0.2) is 0 Å². The number of para-hydroxylation sites is 1. The number of carbonyl (C=O) groups is 4. The Labute approximate surface area is 205 Å². The van der Waals surface area contributed by atoms with Gasteiger partial charge in [0.25, 0.3) is 23.4 Å². The Balaban J connectivity index is 1.29. The number of carbonyl (C=O) groups excluding carboxylic acids is 4. The highest BCUT2D eigenvalue weighted by atomic mass is 16.6. The molecule has 1 aliphatic rings. The highest BCUT2D eigenvalue weighted by molar-refractivity contribution is 6.21. The fourth-order valence-corrected chi connectivity index (χ4v) is 3.76. The number of rotatable bonds is 9. The van der Waals surface area contributed by atoms with Crippen molar-refractivity contribution in [2.45, 2.75) is 19.4 Å². The Morgan fingerprint density at radius 1 is 1.00 bits per heavy atom. The second-order valence-corrected chi connectivity index (χ2v) is 7.98. The summed E-state index contributed by atoms with van der Waals surface area (Å²) in [6.45, 7) is 0.171. The lowest BCUT2D eigenvalue weighted by molar-refractivity contribution is -0.384. The standard InChI is InChI=1S/C25H21N5O6/c31-22(8-4-12-29-24(33)19-10-9-18(30(35)36)13-20(19)25(29)34)27-15-16-5-1-2-7-21(16)28-23(32)17-6-3-11-26-14-17/h1-3,5-7,9-11,13-14H,4,8,12,15H2,(H,27,31)(H,28,32). The molecule has 0 fully saturated rings. The first kappa shape index (κ1) is 24.2. The molecule has 2 N–H and O–H groups in total. The molecule has 0 bridgehead atoms. The topological polar surface area (TPSA) is 152 Å². The number of hydrogen-bond donors (Lipinski definition) is 2. The summed E-state index contributed by atoms with van der Waals surface area (Å²) >= 11 is 0. The Bertz CT molecular complexity index is 1360. The Kier molecular flexibility index (Phi) is 7.10. The van der Waals surface area contributed by atoms with Crippen molar-refractivity contribution in [1.29, 1.82) is 0 Å². The monoisotopic (exact) mass is 487 g/mol. The van der Waals surface area contributed by atoms with Gasteiger partial charge in [0, 0.05) is 49.7 Å². The van der Waals surface area contributed by atoms with Crippen LogP contribution < -0.4 is 10.6 Å². The molecule has 0 unspecified atom stereocenters. The lowest BCUT2D eigenvalue weighted by Crippen LogP contribution is -2.32. The number of nitrogens with one attached hydrogen (secondary N) is 2. The molecule has 2 heterocycles. The molecule has 3 aromatic rings. The zero-order valence-electron chi connectivity index (χ0n) is 19.0. The molecule has 11 nitrogen and oxygen atoms in total. The molecule has 0 atom stereocenters. The zero-order valence-corrected chi connectivity index (χ0v) is 19.0. The first-order valence-corrected chi connectivity index (χ1v) is 11.1. The molecular weight excluding hydrogens is 466 g/mol. The summed E-state index contributed by atoms with van der Waals surface area (Å²) in [4.78, 5) is 65.1. The average molecular weight is 487 g/mol. The van der Waals surface area contributed by atoms with Crippen LogP contribution in [-0.4, -0.2) is 45.0 Å². The van der Waals surface area contributed by atoms with Gasteiger partial charge in [-0.05, 0) is 36.2 Å². The maximum atomic E-state index is 12.5. The molecule has 2 aromatic carbocycles. The summed E-state index contributed by atoms with van der Waals surface area (Å²) in [7, 11) is 0. The van der Waals surface area contributed by atoms with E-state index in [0.717, 1.165) is 11.0 Å². The van der Waals surface area contributed by atoms with E-state index in [-0.39, 0.29) is 54.6 Å². The van der Waals surface area contributed by atoms with Gasteiger partial charge in [0.2, 0.25) is 5.91 Å². The van der Waals surface area contributed by atoms with Crippen molar-refractivity contribution in [3.05, 3.63) is 99.4 Å². The molecule has 0 radical (unpaired) electrons. The molecule has 1 aliphatic heterocycles. The van der Waals surface area contributed by atoms with Crippen LogP contribution in [0, 0.1) is 10.1 Å². The number of imide groups is 1. The number of anilines is 1. The number of amides is 4.